The third-order valence-corrected chi connectivity index (χ3v) is 3.53. The molecule has 2 aromatic carbocycles. The molecule has 0 saturated carbocycles. The molecule has 3 rings (SSSR count). The SMILES string of the molecule is Cc1cccc2c1NC(=O)C2Cc1ccccc1. The molecular formula is C16H15NO. The molecule has 1 aliphatic heterocycles. The lowest BCUT2D eigenvalue weighted by molar-refractivity contribution is -0.117. The predicted molar refractivity (Wildman–Crippen MR) is 72.7 cm³/mol. The van der Waals surface area contributed by atoms with Gasteiger partial charge in [0, 0.05) is 5.69 Å². The fourth-order valence-corrected chi connectivity index (χ4v) is 2.56. The van der Waals surface area contributed by atoms with Crippen molar-refractivity contribution in [2.24, 2.45) is 0 Å². The number of carbonyl (C=O) groups excluding carboxylic acids is 1. The van der Waals surface area contributed by atoms with Gasteiger partial charge < -0.3 is 5.32 Å². The summed E-state index contributed by atoms with van der Waals surface area (Å²) in [6, 6.07) is 16.3. The number of fused-ring (bicyclic) bond motifs is 1. The number of rotatable bonds is 2. The molecule has 2 heteroatoms. The first kappa shape index (κ1) is 11.0. The van der Waals surface area contributed by atoms with Gasteiger partial charge in [-0.25, -0.2) is 0 Å². The third kappa shape index (κ3) is 1.80. The number of nitrogens with one attached hydrogen (secondary N) is 1. The maximum absolute atomic E-state index is 12.1. The maximum atomic E-state index is 12.1. The van der Waals surface area contributed by atoms with Crippen molar-refractivity contribution in [3.63, 3.8) is 0 Å². The van der Waals surface area contributed by atoms with E-state index in [2.05, 4.69) is 17.4 Å². The molecule has 0 spiro atoms. The Balaban J connectivity index is 1.95. The number of aryl methyl sites for hydroxylation is 1. The van der Waals surface area contributed by atoms with E-state index in [1.54, 1.807) is 0 Å². The van der Waals surface area contributed by atoms with Gasteiger partial charge in [0.15, 0.2) is 0 Å². The smallest absolute Gasteiger partial charge is 0.232 e. The highest BCUT2D eigenvalue weighted by molar-refractivity contribution is 6.03. The number of amides is 1. The van der Waals surface area contributed by atoms with Gasteiger partial charge in [0.1, 0.15) is 0 Å². The van der Waals surface area contributed by atoms with E-state index in [9.17, 15) is 4.79 Å². The van der Waals surface area contributed by atoms with Crippen molar-refractivity contribution in [2.75, 3.05) is 5.32 Å². The van der Waals surface area contributed by atoms with Crippen LogP contribution in [0.4, 0.5) is 5.69 Å². The first-order valence-electron chi connectivity index (χ1n) is 6.20. The summed E-state index contributed by atoms with van der Waals surface area (Å²) < 4.78 is 0. The molecule has 1 unspecified atom stereocenters. The van der Waals surface area contributed by atoms with Crippen LogP contribution >= 0.6 is 0 Å². The minimum Gasteiger partial charge on any atom is -0.325 e. The zero-order valence-corrected chi connectivity index (χ0v) is 10.3. The van der Waals surface area contributed by atoms with Gasteiger partial charge in [-0.2, -0.15) is 0 Å². The second kappa shape index (κ2) is 4.30. The first-order valence-corrected chi connectivity index (χ1v) is 6.20. The summed E-state index contributed by atoms with van der Waals surface area (Å²) in [7, 11) is 0. The minimum absolute atomic E-state index is 0.0534. The first-order chi connectivity index (χ1) is 8.75. The number of para-hydroxylation sites is 1. The van der Waals surface area contributed by atoms with Gasteiger partial charge in [-0.3, -0.25) is 4.79 Å². The van der Waals surface area contributed by atoms with Crippen LogP contribution in [-0.4, -0.2) is 5.91 Å². The Bertz CT molecular complexity index is 589. The van der Waals surface area contributed by atoms with E-state index >= 15 is 0 Å². The van der Waals surface area contributed by atoms with Crippen molar-refractivity contribution >= 4 is 11.6 Å². The monoisotopic (exact) mass is 237 g/mol. The van der Waals surface area contributed by atoms with Gasteiger partial charge in [0.2, 0.25) is 5.91 Å². The van der Waals surface area contributed by atoms with Crippen molar-refractivity contribution in [3.05, 3.63) is 65.2 Å². The maximum Gasteiger partial charge on any atom is 0.232 e. The van der Waals surface area contributed by atoms with Gasteiger partial charge in [-0.15, -0.1) is 0 Å². The third-order valence-electron chi connectivity index (χ3n) is 3.53. The van der Waals surface area contributed by atoms with Crippen LogP contribution in [0.25, 0.3) is 0 Å². The molecule has 0 saturated heterocycles. The van der Waals surface area contributed by atoms with Crippen LogP contribution in [0.5, 0.6) is 0 Å². The summed E-state index contributed by atoms with van der Waals surface area (Å²) in [5, 5.41) is 3.00. The van der Waals surface area contributed by atoms with E-state index in [0.717, 1.165) is 23.2 Å². The van der Waals surface area contributed by atoms with Crippen molar-refractivity contribution in [2.45, 2.75) is 19.3 Å². The van der Waals surface area contributed by atoms with Gasteiger partial charge in [0.25, 0.3) is 0 Å². The van der Waals surface area contributed by atoms with Crippen molar-refractivity contribution in [1.29, 1.82) is 0 Å². The Kier molecular flexibility index (Phi) is 2.63. The summed E-state index contributed by atoms with van der Waals surface area (Å²) in [6.07, 6.45) is 0.767. The molecule has 90 valence electrons. The Morgan fingerprint density at radius 1 is 1.06 bits per heavy atom. The van der Waals surface area contributed by atoms with Gasteiger partial charge in [-0.05, 0) is 30.0 Å². The lowest BCUT2D eigenvalue weighted by Crippen LogP contribution is -2.14. The average molecular weight is 237 g/mol. The Hall–Kier alpha value is -2.09. The number of hydrogen-bond acceptors (Lipinski definition) is 1. The minimum atomic E-state index is -0.0534. The van der Waals surface area contributed by atoms with Crippen molar-refractivity contribution < 1.29 is 4.79 Å². The highest BCUT2D eigenvalue weighted by Gasteiger charge is 2.31. The average Bonchev–Trinajstić information content (AvgIpc) is 2.70. The van der Waals surface area contributed by atoms with E-state index in [1.165, 1.54) is 5.56 Å². The van der Waals surface area contributed by atoms with Crippen LogP contribution in [0.15, 0.2) is 48.5 Å². The van der Waals surface area contributed by atoms with Crippen LogP contribution < -0.4 is 5.32 Å². The predicted octanol–water partition coefficient (Wildman–Crippen LogP) is 3.27. The summed E-state index contributed by atoms with van der Waals surface area (Å²) in [6.45, 7) is 2.03. The quantitative estimate of drug-likeness (QED) is 0.853. The summed E-state index contributed by atoms with van der Waals surface area (Å²) in [5.41, 5.74) is 4.47. The van der Waals surface area contributed by atoms with Crippen molar-refractivity contribution in [3.8, 4) is 0 Å². The molecule has 1 amide bonds. The molecule has 1 atom stereocenters. The summed E-state index contributed by atoms with van der Waals surface area (Å²) in [4.78, 5) is 12.1. The Morgan fingerprint density at radius 2 is 1.83 bits per heavy atom. The topological polar surface area (TPSA) is 29.1 Å². The van der Waals surface area contributed by atoms with Gasteiger partial charge >= 0.3 is 0 Å². The molecule has 0 aliphatic carbocycles. The van der Waals surface area contributed by atoms with Crippen LogP contribution in [0.2, 0.25) is 0 Å². The van der Waals surface area contributed by atoms with Crippen LogP contribution in [0.1, 0.15) is 22.6 Å². The van der Waals surface area contributed by atoms with Crippen LogP contribution in [-0.2, 0) is 11.2 Å². The highest BCUT2D eigenvalue weighted by Crippen LogP contribution is 2.36. The number of carbonyl (C=O) groups is 1. The molecule has 0 radical (unpaired) electrons. The largest absolute Gasteiger partial charge is 0.325 e. The molecule has 1 N–H and O–H groups in total. The number of benzene rings is 2. The second-order valence-corrected chi connectivity index (χ2v) is 4.77. The lowest BCUT2D eigenvalue weighted by atomic mass is 9.92. The molecule has 1 heterocycles. The zero-order valence-electron chi connectivity index (χ0n) is 10.3. The van der Waals surface area contributed by atoms with E-state index in [-0.39, 0.29) is 11.8 Å². The highest BCUT2D eigenvalue weighted by atomic mass is 16.2. The zero-order chi connectivity index (χ0) is 12.5. The lowest BCUT2D eigenvalue weighted by Gasteiger charge is -2.09. The van der Waals surface area contributed by atoms with Crippen molar-refractivity contribution in [1.82, 2.24) is 0 Å². The Labute approximate surface area is 107 Å². The fraction of sp³-hybridized carbons (Fsp3) is 0.188. The molecule has 0 aromatic heterocycles. The fourth-order valence-electron chi connectivity index (χ4n) is 2.56. The van der Waals surface area contributed by atoms with E-state index in [4.69, 9.17) is 0 Å². The molecule has 0 fully saturated rings. The number of anilines is 1. The molecule has 18 heavy (non-hydrogen) atoms. The number of hydrogen-bond donors (Lipinski definition) is 1. The summed E-state index contributed by atoms with van der Waals surface area (Å²) >= 11 is 0. The molecule has 0 bridgehead atoms. The van der Waals surface area contributed by atoms with Crippen LogP contribution in [0, 0.1) is 6.92 Å². The van der Waals surface area contributed by atoms with Gasteiger partial charge in [0.05, 0.1) is 5.92 Å². The van der Waals surface area contributed by atoms with E-state index in [0.29, 0.717) is 0 Å². The standard InChI is InChI=1S/C16H15NO/c1-11-6-5-9-13-14(16(18)17-15(11)13)10-12-7-3-2-4-8-12/h2-9,14H,10H2,1H3,(H,17,18). The summed E-state index contributed by atoms with van der Waals surface area (Å²) in [5.74, 6) is 0.0606. The molecule has 1 aliphatic rings. The van der Waals surface area contributed by atoms with E-state index in [1.807, 2.05) is 43.3 Å². The van der Waals surface area contributed by atoms with Crippen LogP contribution in [0.3, 0.4) is 0 Å². The normalized spacial score (nSPS) is 17.4. The Morgan fingerprint density at radius 3 is 2.61 bits per heavy atom. The molecule has 2 nitrogen and oxygen atoms in total. The van der Waals surface area contributed by atoms with Gasteiger partial charge in [-0.1, -0.05) is 48.5 Å². The molecule has 2 aromatic rings. The molecular weight excluding hydrogens is 222 g/mol. The van der Waals surface area contributed by atoms with E-state index < -0.39 is 0 Å². The second-order valence-electron chi connectivity index (χ2n) is 4.77.